The highest BCUT2D eigenvalue weighted by atomic mass is 31.2. The fourth-order valence-corrected chi connectivity index (χ4v) is 14.2. The van der Waals surface area contributed by atoms with Gasteiger partial charge in [0, 0.05) is 25.7 Å². The van der Waals surface area contributed by atoms with Crippen LogP contribution in [0.15, 0.2) is 0 Å². The average Bonchev–Trinajstić information content (AvgIpc) is 1.04. The molecule has 0 aliphatic carbocycles. The van der Waals surface area contributed by atoms with Gasteiger partial charge < -0.3 is 33.8 Å². The molecule has 0 amide bonds. The van der Waals surface area contributed by atoms with Gasteiger partial charge in [0.25, 0.3) is 0 Å². The lowest BCUT2D eigenvalue weighted by atomic mass is 10.0. The normalized spacial score (nSPS) is 14.0. The van der Waals surface area contributed by atoms with Crippen LogP contribution >= 0.6 is 15.6 Å². The molecule has 2 unspecified atom stereocenters. The quantitative estimate of drug-likeness (QED) is 0.0222. The Kier molecular flexibility index (Phi) is 69.6. The molecular weight excluding hydrogens is 1320 g/mol. The lowest BCUT2D eigenvalue weighted by Gasteiger charge is -2.21. The van der Waals surface area contributed by atoms with Crippen molar-refractivity contribution >= 4 is 39.5 Å². The number of aliphatic hydroxyl groups is 1. The second-order valence-electron chi connectivity index (χ2n) is 31.4. The molecule has 0 fully saturated rings. The van der Waals surface area contributed by atoms with Crippen LogP contribution in [-0.4, -0.2) is 96.7 Å². The summed E-state index contributed by atoms with van der Waals surface area (Å²) in [5, 5.41) is 10.6. The molecule has 0 saturated carbocycles. The maximum Gasteiger partial charge on any atom is 0.472 e. The Morgan fingerprint density at radius 2 is 0.416 bits per heavy atom. The zero-order chi connectivity index (χ0) is 74.6. The van der Waals surface area contributed by atoms with Crippen molar-refractivity contribution in [2.75, 3.05) is 39.6 Å². The van der Waals surface area contributed by atoms with E-state index < -0.39 is 97.5 Å². The van der Waals surface area contributed by atoms with Crippen molar-refractivity contribution < 1.29 is 80.2 Å². The third kappa shape index (κ3) is 76.1. The first-order valence-electron chi connectivity index (χ1n) is 42.2. The molecule has 0 aromatic carbocycles. The summed E-state index contributed by atoms with van der Waals surface area (Å²) in [6.45, 7) is 14.2. The van der Waals surface area contributed by atoms with Gasteiger partial charge in [-0.2, -0.15) is 0 Å². The number of aliphatic hydroxyl groups excluding tert-OH is 1. The highest BCUT2D eigenvalue weighted by Crippen LogP contribution is 2.45. The highest BCUT2D eigenvalue weighted by molar-refractivity contribution is 7.47. The molecule has 3 N–H and O–H groups in total. The Bertz CT molecular complexity index is 1970. The summed E-state index contributed by atoms with van der Waals surface area (Å²) < 4.78 is 68.7. The highest BCUT2D eigenvalue weighted by Gasteiger charge is 2.30. The third-order valence-corrected chi connectivity index (χ3v) is 21.0. The number of carbonyl (C=O) groups excluding carboxylic acids is 4. The molecule has 0 aliphatic rings. The van der Waals surface area contributed by atoms with Crippen molar-refractivity contribution in [3.8, 4) is 0 Å². The fraction of sp³-hybridized carbons (Fsp3) is 0.951. The van der Waals surface area contributed by atoms with Gasteiger partial charge in [-0.15, -0.1) is 0 Å². The van der Waals surface area contributed by atoms with Crippen molar-refractivity contribution in [2.45, 2.75) is 440 Å². The summed E-state index contributed by atoms with van der Waals surface area (Å²) in [5.74, 6) is 0.948. The lowest BCUT2D eigenvalue weighted by Crippen LogP contribution is -2.30. The van der Waals surface area contributed by atoms with Crippen molar-refractivity contribution in [1.29, 1.82) is 0 Å². The monoisotopic (exact) mass is 1480 g/mol. The van der Waals surface area contributed by atoms with Gasteiger partial charge in [-0.05, 0) is 49.4 Å². The lowest BCUT2D eigenvalue weighted by molar-refractivity contribution is -0.161. The average molecular weight is 1480 g/mol. The Labute approximate surface area is 619 Å². The molecular formula is C82H160O17P2. The van der Waals surface area contributed by atoms with E-state index in [9.17, 15) is 43.2 Å². The second-order valence-corrected chi connectivity index (χ2v) is 34.3. The van der Waals surface area contributed by atoms with Gasteiger partial charge in [-0.25, -0.2) is 9.13 Å². The molecule has 5 atom stereocenters. The molecule has 0 bridgehead atoms. The second kappa shape index (κ2) is 71.0. The Balaban J connectivity index is 5.21. The largest absolute Gasteiger partial charge is 0.472 e. The zero-order valence-corrected chi connectivity index (χ0v) is 68.3. The summed E-state index contributed by atoms with van der Waals surface area (Å²) in [4.78, 5) is 73.0. The first-order valence-corrected chi connectivity index (χ1v) is 45.2. The minimum absolute atomic E-state index is 0.105. The van der Waals surface area contributed by atoms with Crippen LogP contribution in [0.3, 0.4) is 0 Å². The summed E-state index contributed by atoms with van der Waals surface area (Å²) >= 11 is 0. The maximum absolute atomic E-state index is 13.1. The van der Waals surface area contributed by atoms with Gasteiger partial charge in [0.1, 0.15) is 19.3 Å². The van der Waals surface area contributed by atoms with Crippen molar-refractivity contribution in [2.24, 2.45) is 23.7 Å². The van der Waals surface area contributed by atoms with Gasteiger partial charge in [-0.1, -0.05) is 370 Å². The molecule has 0 aliphatic heterocycles. The van der Waals surface area contributed by atoms with Crippen LogP contribution in [0.4, 0.5) is 0 Å². The molecule has 101 heavy (non-hydrogen) atoms. The van der Waals surface area contributed by atoms with Gasteiger partial charge in [0.2, 0.25) is 0 Å². The molecule has 0 rings (SSSR count). The Morgan fingerprint density at radius 3 is 0.614 bits per heavy atom. The van der Waals surface area contributed by atoms with Crippen LogP contribution < -0.4 is 0 Å². The van der Waals surface area contributed by atoms with E-state index in [2.05, 4.69) is 55.4 Å². The molecule has 0 aromatic heterocycles. The number of phosphoric acid groups is 2. The van der Waals surface area contributed by atoms with Crippen LogP contribution in [0.1, 0.15) is 421 Å². The van der Waals surface area contributed by atoms with Crippen molar-refractivity contribution in [3.05, 3.63) is 0 Å². The van der Waals surface area contributed by atoms with Crippen LogP contribution in [0.2, 0.25) is 0 Å². The SMILES string of the molecule is CC(C)CCCCCCCCCCCCCCCCCCCCC(=O)OC[C@H](COP(=O)(O)OC[C@@H](O)COP(=O)(O)OC[C@@H](COC(=O)CCCCCCCCC(C)C)OC(=O)CCCCCCCCCCCCCC(C)C)OC(=O)CCCCCCCCCCCCCCCCC(C)C. The fourth-order valence-electron chi connectivity index (χ4n) is 12.6. The summed E-state index contributed by atoms with van der Waals surface area (Å²) in [6.07, 6.45) is 58.5. The molecule has 600 valence electrons. The number of hydrogen-bond donors (Lipinski definition) is 3. The zero-order valence-electron chi connectivity index (χ0n) is 66.5. The summed E-state index contributed by atoms with van der Waals surface area (Å²) in [6, 6.07) is 0. The van der Waals surface area contributed by atoms with E-state index in [-0.39, 0.29) is 25.7 Å². The number of hydrogen-bond acceptors (Lipinski definition) is 15. The van der Waals surface area contributed by atoms with Gasteiger partial charge in [-0.3, -0.25) is 37.3 Å². The molecule has 0 radical (unpaired) electrons. The van der Waals surface area contributed by atoms with Crippen LogP contribution in [-0.2, 0) is 65.4 Å². The molecule has 0 spiro atoms. The summed E-state index contributed by atoms with van der Waals surface area (Å²) in [5.41, 5.74) is 0. The van der Waals surface area contributed by atoms with Gasteiger partial charge in [0.15, 0.2) is 12.2 Å². The number of unbranched alkanes of at least 4 members (excludes halogenated alkanes) is 45. The molecule has 0 heterocycles. The smallest absolute Gasteiger partial charge is 0.462 e. The van der Waals surface area contributed by atoms with Crippen molar-refractivity contribution in [1.82, 2.24) is 0 Å². The first-order chi connectivity index (χ1) is 48.6. The standard InChI is InChI=1S/C82H160O17P2/c1-72(2)58-50-42-34-28-22-17-13-11-9-10-12-14-19-25-31-37-46-54-62-79(84)92-68-77(98-81(86)64-56-48-38-32-26-20-16-15-18-23-29-35-43-51-59-73(3)4)70-96-100(88,89)94-66-76(83)67-95-101(90,91)97-71-78(69-93-80(85)63-55-47-41-40-45-53-61-75(7)8)99-82(87)65-57-49-39-33-27-21-24-30-36-44-52-60-74(5)6/h72-78,83H,9-71H2,1-8H3,(H,88,89)(H,90,91)/t76-,77-,78-/m1/s1. The van der Waals surface area contributed by atoms with E-state index >= 15 is 0 Å². The van der Waals surface area contributed by atoms with Gasteiger partial charge >= 0.3 is 39.5 Å². The van der Waals surface area contributed by atoms with E-state index in [1.807, 2.05) is 0 Å². The minimum Gasteiger partial charge on any atom is -0.462 e. The number of carbonyl (C=O) groups is 4. The Morgan fingerprint density at radius 1 is 0.248 bits per heavy atom. The van der Waals surface area contributed by atoms with Gasteiger partial charge in [0.05, 0.1) is 26.4 Å². The predicted octanol–water partition coefficient (Wildman–Crippen LogP) is 24.4. The van der Waals surface area contributed by atoms with E-state index in [4.69, 9.17) is 37.0 Å². The molecule has 17 nitrogen and oxygen atoms in total. The number of ether oxygens (including phenoxy) is 4. The van der Waals surface area contributed by atoms with E-state index in [0.717, 1.165) is 114 Å². The van der Waals surface area contributed by atoms with E-state index in [1.165, 1.54) is 218 Å². The summed E-state index contributed by atoms with van der Waals surface area (Å²) in [7, 11) is -9.92. The number of esters is 4. The topological polar surface area (TPSA) is 237 Å². The first kappa shape index (κ1) is 99.1. The minimum atomic E-state index is -4.96. The molecule has 19 heteroatoms. The van der Waals surface area contributed by atoms with Crippen LogP contribution in [0.5, 0.6) is 0 Å². The van der Waals surface area contributed by atoms with Crippen LogP contribution in [0, 0.1) is 23.7 Å². The molecule has 0 aromatic rings. The number of phosphoric ester groups is 2. The maximum atomic E-state index is 13.1. The van der Waals surface area contributed by atoms with Crippen molar-refractivity contribution in [3.63, 3.8) is 0 Å². The molecule has 0 saturated heterocycles. The third-order valence-electron chi connectivity index (χ3n) is 19.1. The Hall–Kier alpha value is -1.94. The number of rotatable bonds is 79. The predicted molar refractivity (Wildman–Crippen MR) is 414 cm³/mol. The van der Waals surface area contributed by atoms with E-state index in [1.54, 1.807) is 0 Å². The van der Waals surface area contributed by atoms with Crippen LogP contribution in [0.25, 0.3) is 0 Å². The van der Waals surface area contributed by atoms with E-state index in [0.29, 0.717) is 31.6 Å².